The van der Waals surface area contributed by atoms with Gasteiger partial charge in [0.2, 0.25) is 5.82 Å². The lowest BCUT2D eigenvalue weighted by molar-refractivity contribution is 0.363. The summed E-state index contributed by atoms with van der Waals surface area (Å²) in [6.07, 6.45) is 3.28. The number of hydrogen-bond acceptors (Lipinski definition) is 5. The molecule has 0 saturated heterocycles. The molecule has 3 aromatic carbocycles. The predicted molar refractivity (Wildman–Crippen MR) is 126 cm³/mol. The lowest BCUT2D eigenvalue weighted by Gasteiger charge is -2.07. The van der Waals surface area contributed by atoms with E-state index in [2.05, 4.69) is 11.7 Å². The molecule has 0 atom stereocenters. The van der Waals surface area contributed by atoms with E-state index in [1.165, 1.54) is 4.68 Å². The summed E-state index contributed by atoms with van der Waals surface area (Å²) in [7, 11) is 0. The number of fused-ring (bicyclic) bond motifs is 2. The Hall–Kier alpha value is -4.45. The maximum absolute atomic E-state index is 13.3. The Balaban J connectivity index is 1.65. The molecule has 0 amide bonds. The Labute approximate surface area is 183 Å². The number of hydrogen-bond donors (Lipinski definition) is 0. The third kappa shape index (κ3) is 3.70. The van der Waals surface area contributed by atoms with E-state index in [0.29, 0.717) is 40.4 Å². The van der Waals surface area contributed by atoms with Crippen molar-refractivity contribution in [3.8, 4) is 17.3 Å². The van der Waals surface area contributed by atoms with Gasteiger partial charge in [-0.05, 0) is 42.0 Å². The van der Waals surface area contributed by atoms with E-state index in [1.807, 2.05) is 60.7 Å². The lowest BCUT2D eigenvalue weighted by atomic mass is 10.2. The summed E-state index contributed by atoms with van der Waals surface area (Å²) in [5.74, 6) is 1.49. The summed E-state index contributed by atoms with van der Waals surface area (Å²) in [4.78, 5) is 18.0. The summed E-state index contributed by atoms with van der Waals surface area (Å²) in [6.45, 7) is 4.07. The molecule has 6 nitrogen and oxygen atoms in total. The second kappa shape index (κ2) is 8.35. The molecule has 0 spiro atoms. The Morgan fingerprint density at radius 3 is 2.75 bits per heavy atom. The monoisotopic (exact) mass is 421 g/mol. The van der Waals surface area contributed by atoms with E-state index < -0.39 is 0 Å². The van der Waals surface area contributed by atoms with E-state index in [-0.39, 0.29) is 5.56 Å². The number of rotatable bonds is 6. The van der Waals surface area contributed by atoms with Gasteiger partial charge >= 0.3 is 0 Å². The van der Waals surface area contributed by atoms with Gasteiger partial charge in [-0.3, -0.25) is 4.79 Å². The van der Waals surface area contributed by atoms with E-state index in [0.717, 1.165) is 10.9 Å². The molecule has 156 valence electrons. The van der Waals surface area contributed by atoms with Crippen LogP contribution in [0.15, 0.2) is 106 Å². The topological polar surface area (TPSA) is 69.6 Å². The van der Waals surface area contributed by atoms with Crippen molar-refractivity contribution in [2.24, 2.45) is 5.10 Å². The second-order valence-corrected chi connectivity index (χ2v) is 7.13. The fourth-order valence-corrected chi connectivity index (χ4v) is 3.45. The van der Waals surface area contributed by atoms with Crippen LogP contribution in [-0.4, -0.2) is 22.5 Å². The third-order valence-electron chi connectivity index (χ3n) is 4.95. The van der Waals surface area contributed by atoms with Gasteiger partial charge in [-0.2, -0.15) is 9.78 Å². The van der Waals surface area contributed by atoms with Crippen LogP contribution in [0.5, 0.6) is 5.75 Å². The number of aromatic nitrogens is 2. The smallest absolute Gasteiger partial charge is 0.282 e. The summed E-state index contributed by atoms with van der Waals surface area (Å²) < 4.78 is 12.8. The molecule has 0 fully saturated rings. The van der Waals surface area contributed by atoms with Gasteiger partial charge in [0.15, 0.2) is 5.76 Å². The van der Waals surface area contributed by atoms with Crippen LogP contribution >= 0.6 is 0 Å². The largest absolute Gasteiger partial charge is 0.490 e. The van der Waals surface area contributed by atoms with Crippen LogP contribution in [0, 0.1) is 0 Å². The third-order valence-corrected chi connectivity index (χ3v) is 4.95. The Morgan fingerprint density at radius 1 is 1.03 bits per heavy atom. The van der Waals surface area contributed by atoms with Crippen molar-refractivity contribution in [1.82, 2.24) is 9.66 Å². The first-order valence-corrected chi connectivity index (χ1v) is 10.1. The van der Waals surface area contributed by atoms with Gasteiger partial charge in [0.1, 0.15) is 17.9 Å². The summed E-state index contributed by atoms with van der Waals surface area (Å²) in [5.41, 5.74) is 1.80. The fourth-order valence-electron chi connectivity index (χ4n) is 3.45. The van der Waals surface area contributed by atoms with Gasteiger partial charge in [0, 0.05) is 5.39 Å². The summed E-state index contributed by atoms with van der Waals surface area (Å²) in [5, 5.41) is 5.88. The van der Waals surface area contributed by atoms with Gasteiger partial charge in [-0.25, -0.2) is 4.98 Å². The molecule has 0 bridgehead atoms. The standard InChI is InChI=1S/C26H19N3O3/c1-2-14-31-20-10-7-8-18(15-20)17-27-29-25(24-16-19-9-3-6-13-23(19)32-24)28-22-12-5-4-11-21(22)26(29)30/h2-13,15-17H,1,14H2. The Morgan fingerprint density at radius 2 is 1.88 bits per heavy atom. The van der Waals surface area contributed by atoms with Crippen molar-refractivity contribution in [1.29, 1.82) is 0 Å². The molecule has 2 aromatic heterocycles. The molecular weight excluding hydrogens is 402 g/mol. The van der Waals surface area contributed by atoms with E-state index >= 15 is 0 Å². The number of ether oxygens (including phenoxy) is 1. The zero-order chi connectivity index (χ0) is 21.9. The van der Waals surface area contributed by atoms with Gasteiger partial charge in [-0.1, -0.05) is 55.1 Å². The summed E-state index contributed by atoms with van der Waals surface area (Å²) >= 11 is 0. The average Bonchev–Trinajstić information content (AvgIpc) is 3.26. The zero-order valence-electron chi connectivity index (χ0n) is 17.1. The van der Waals surface area contributed by atoms with Gasteiger partial charge in [0.25, 0.3) is 5.56 Å². The highest BCUT2D eigenvalue weighted by Gasteiger charge is 2.16. The Kier molecular flexibility index (Phi) is 5.09. The van der Waals surface area contributed by atoms with Crippen molar-refractivity contribution < 1.29 is 9.15 Å². The number of nitrogens with zero attached hydrogens (tertiary/aromatic N) is 3. The minimum absolute atomic E-state index is 0.277. The van der Waals surface area contributed by atoms with Crippen LogP contribution in [-0.2, 0) is 0 Å². The van der Waals surface area contributed by atoms with Crippen molar-refractivity contribution in [2.75, 3.05) is 6.61 Å². The number of furan rings is 1. The molecule has 0 saturated carbocycles. The first-order valence-electron chi connectivity index (χ1n) is 10.1. The normalized spacial score (nSPS) is 11.4. The van der Waals surface area contributed by atoms with Crippen molar-refractivity contribution in [2.45, 2.75) is 0 Å². The minimum atomic E-state index is -0.277. The Bertz CT molecular complexity index is 1500. The maximum Gasteiger partial charge on any atom is 0.282 e. The second-order valence-electron chi connectivity index (χ2n) is 7.13. The fraction of sp³-hybridized carbons (Fsp3) is 0.0385. The molecule has 2 heterocycles. The molecule has 5 aromatic rings. The molecule has 0 radical (unpaired) electrons. The SMILES string of the molecule is C=CCOc1cccc(C=Nn2c(-c3cc4ccccc4o3)nc3ccccc3c2=O)c1. The minimum Gasteiger partial charge on any atom is -0.490 e. The van der Waals surface area contributed by atoms with Crippen LogP contribution in [0.4, 0.5) is 0 Å². The van der Waals surface area contributed by atoms with Gasteiger partial charge in [-0.15, -0.1) is 0 Å². The quantitative estimate of drug-likeness (QED) is 0.277. The van der Waals surface area contributed by atoms with Crippen molar-refractivity contribution in [3.05, 3.63) is 107 Å². The maximum atomic E-state index is 13.3. The highest BCUT2D eigenvalue weighted by molar-refractivity contribution is 5.84. The number of benzene rings is 3. The van der Waals surface area contributed by atoms with E-state index in [9.17, 15) is 4.79 Å². The van der Waals surface area contributed by atoms with Crippen LogP contribution in [0.1, 0.15) is 5.56 Å². The molecular formula is C26H19N3O3. The highest BCUT2D eigenvalue weighted by atomic mass is 16.5. The molecule has 0 aliphatic rings. The molecule has 0 aliphatic carbocycles. The number of para-hydroxylation sites is 2. The van der Waals surface area contributed by atoms with Crippen LogP contribution in [0.25, 0.3) is 33.5 Å². The summed E-state index contributed by atoms with van der Waals surface area (Å²) in [6, 6.07) is 24.1. The average molecular weight is 421 g/mol. The van der Waals surface area contributed by atoms with Crippen LogP contribution < -0.4 is 10.3 Å². The molecule has 0 unspecified atom stereocenters. The first kappa shape index (κ1) is 19.5. The molecule has 5 rings (SSSR count). The van der Waals surface area contributed by atoms with E-state index in [4.69, 9.17) is 14.1 Å². The lowest BCUT2D eigenvalue weighted by Crippen LogP contribution is -2.20. The van der Waals surface area contributed by atoms with Gasteiger partial charge in [0.05, 0.1) is 17.1 Å². The molecule has 6 heteroatoms. The van der Waals surface area contributed by atoms with Crippen molar-refractivity contribution in [3.63, 3.8) is 0 Å². The van der Waals surface area contributed by atoms with Crippen LogP contribution in [0.2, 0.25) is 0 Å². The predicted octanol–water partition coefficient (Wildman–Crippen LogP) is 5.26. The first-order chi connectivity index (χ1) is 15.7. The van der Waals surface area contributed by atoms with Crippen LogP contribution in [0.3, 0.4) is 0 Å². The molecule has 0 aliphatic heterocycles. The van der Waals surface area contributed by atoms with Crippen molar-refractivity contribution >= 4 is 28.1 Å². The van der Waals surface area contributed by atoms with E-state index in [1.54, 1.807) is 30.5 Å². The highest BCUT2D eigenvalue weighted by Crippen LogP contribution is 2.27. The molecule has 32 heavy (non-hydrogen) atoms. The molecule has 0 N–H and O–H groups in total. The van der Waals surface area contributed by atoms with Gasteiger partial charge < -0.3 is 9.15 Å². The zero-order valence-corrected chi connectivity index (χ0v) is 17.1.